The van der Waals surface area contributed by atoms with Gasteiger partial charge in [-0.2, -0.15) is 5.10 Å². The predicted octanol–water partition coefficient (Wildman–Crippen LogP) is 1.98. The molecule has 1 aliphatic heterocycles. The Morgan fingerprint density at radius 1 is 1.39 bits per heavy atom. The van der Waals surface area contributed by atoms with E-state index in [1.54, 1.807) is 0 Å². The number of hydrogen-bond acceptors (Lipinski definition) is 4. The summed E-state index contributed by atoms with van der Waals surface area (Å²) in [6.45, 7) is 6.69. The highest BCUT2D eigenvalue weighted by atomic mass is 16.1. The largest absolute Gasteiger partial charge is 0.310 e. The third-order valence-electron chi connectivity index (χ3n) is 4.72. The van der Waals surface area contributed by atoms with E-state index in [0.29, 0.717) is 18.5 Å². The molecule has 6 heteroatoms. The van der Waals surface area contributed by atoms with Crippen LogP contribution in [0.15, 0.2) is 17.2 Å². The van der Waals surface area contributed by atoms with Gasteiger partial charge in [0.15, 0.2) is 0 Å². The van der Waals surface area contributed by atoms with Crippen LogP contribution in [0, 0.1) is 0 Å². The first-order chi connectivity index (χ1) is 11.1. The number of aromatic nitrogens is 4. The van der Waals surface area contributed by atoms with Crippen molar-refractivity contribution in [1.29, 1.82) is 0 Å². The van der Waals surface area contributed by atoms with Gasteiger partial charge in [-0.3, -0.25) is 14.4 Å². The van der Waals surface area contributed by atoms with E-state index >= 15 is 0 Å². The zero-order chi connectivity index (χ0) is 16.0. The SMILES string of the molecule is CC(C)n1cc(CN2CCc3nc(C4CC4)[nH]c(=O)c3C2)cn1. The van der Waals surface area contributed by atoms with E-state index in [2.05, 4.69) is 35.0 Å². The van der Waals surface area contributed by atoms with Gasteiger partial charge in [0.05, 0.1) is 17.5 Å². The van der Waals surface area contributed by atoms with Crippen molar-refractivity contribution in [2.75, 3.05) is 6.54 Å². The maximum absolute atomic E-state index is 12.4. The van der Waals surface area contributed by atoms with Crippen molar-refractivity contribution in [3.8, 4) is 0 Å². The smallest absolute Gasteiger partial charge is 0.255 e. The van der Waals surface area contributed by atoms with Crippen LogP contribution in [-0.4, -0.2) is 31.2 Å². The Kier molecular flexibility index (Phi) is 3.56. The minimum Gasteiger partial charge on any atom is -0.310 e. The molecule has 6 nitrogen and oxygen atoms in total. The number of rotatable bonds is 4. The summed E-state index contributed by atoms with van der Waals surface area (Å²) < 4.78 is 1.98. The van der Waals surface area contributed by atoms with E-state index in [1.807, 2.05) is 10.9 Å². The summed E-state index contributed by atoms with van der Waals surface area (Å²) >= 11 is 0. The molecule has 1 fully saturated rings. The molecule has 122 valence electrons. The van der Waals surface area contributed by atoms with Crippen molar-refractivity contribution in [2.45, 2.75) is 58.2 Å². The highest BCUT2D eigenvalue weighted by Gasteiger charge is 2.29. The number of hydrogen-bond donors (Lipinski definition) is 1. The van der Waals surface area contributed by atoms with Crippen LogP contribution < -0.4 is 5.56 Å². The van der Waals surface area contributed by atoms with Gasteiger partial charge in [-0.15, -0.1) is 0 Å². The van der Waals surface area contributed by atoms with E-state index < -0.39 is 0 Å². The quantitative estimate of drug-likeness (QED) is 0.937. The molecule has 0 bridgehead atoms. The number of fused-ring (bicyclic) bond motifs is 1. The second-order valence-electron chi connectivity index (χ2n) is 7.03. The van der Waals surface area contributed by atoms with Gasteiger partial charge < -0.3 is 4.98 Å². The van der Waals surface area contributed by atoms with Gasteiger partial charge in [0.1, 0.15) is 5.82 Å². The summed E-state index contributed by atoms with van der Waals surface area (Å²) in [5, 5.41) is 4.39. The zero-order valence-electron chi connectivity index (χ0n) is 13.7. The molecule has 0 aromatic carbocycles. The second kappa shape index (κ2) is 5.60. The minimum atomic E-state index is 0.0551. The van der Waals surface area contributed by atoms with Crippen molar-refractivity contribution in [1.82, 2.24) is 24.6 Å². The van der Waals surface area contributed by atoms with Crippen LogP contribution in [0.3, 0.4) is 0 Å². The first-order valence-corrected chi connectivity index (χ1v) is 8.47. The monoisotopic (exact) mass is 313 g/mol. The van der Waals surface area contributed by atoms with E-state index in [1.165, 1.54) is 5.56 Å². The molecule has 0 unspecified atom stereocenters. The van der Waals surface area contributed by atoms with Crippen molar-refractivity contribution < 1.29 is 0 Å². The van der Waals surface area contributed by atoms with Gasteiger partial charge in [0, 0.05) is 49.8 Å². The van der Waals surface area contributed by atoms with Crippen molar-refractivity contribution >= 4 is 0 Å². The summed E-state index contributed by atoms with van der Waals surface area (Å²) in [5.74, 6) is 1.40. The van der Waals surface area contributed by atoms with E-state index in [0.717, 1.165) is 49.4 Å². The average Bonchev–Trinajstić information content (AvgIpc) is 3.27. The predicted molar refractivity (Wildman–Crippen MR) is 87.3 cm³/mol. The van der Waals surface area contributed by atoms with Crippen LogP contribution in [0.4, 0.5) is 0 Å². The summed E-state index contributed by atoms with van der Waals surface area (Å²) in [6, 6.07) is 0.374. The van der Waals surface area contributed by atoms with Crippen molar-refractivity contribution in [2.24, 2.45) is 0 Å². The van der Waals surface area contributed by atoms with Crippen molar-refractivity contribution in [3.63, 3.8) is 0 Å². The second-order valence-corrected chi connectivity index (χ2v) is 7.03. The molecule has 3 heterocycles. The Morgan fingerprint density at radius 3 is 2.91 bits per heavy atom. The van der Waals surface area contributed by atoms with Crippen LogP contribution in [0.5, 0.6) is 0 Å². The fourth-order valence-electron chi connectivity index (χ4n) is 3.18. The number of H-pyrrole nitrogens is 1. The molecule has 2 aliphatic rings. The summed E-state index contributed by atoms with van der Waals surface area (Å²) in [6.07, 6.45) is 7.20. The molecule has 4 rings (SSSR count). The van der Waals surface area contributed by atoms with Crippen LogP contribution in [0.2, 0.25) is 0 Å². The average molecular weight is 313 g/mol. The third-order valence-corrected chi connectivity index (χ3v) is 4.72. The van der Waals surface area contributed by atoms with Crippen LogP contribution in [0.25, 0.3) is 0 Å². The molecule has 1 saturated carbocycles. The van der Waals surface area contributed by atoms with Gasteiger partial charge in [0.2, 0.25) is 0 Å². The molecule has 0 radical (unpaired) electrons. The number of nitrogens with zero attached hydrogens (tertiary/aromatic N) is 4. The topological polar surface area (TPSA) is 66.8 Å². The van der Waals surface area contributed by atoms with Gasteiger partial charge in [0.25, 0.3) is 5.56 Å². The van der Waals surface area contributed by atoms with E-state index in [4.69, 9.17) is 4.98 Å². The third kappa shape index (κ3) is 2.95. The normalized spacial score (nSPS) is 18.4. The lowest BCUT2D eigenvalue weighted by Crippen LogP contribution is -2.35. The molecule has 0 saturated heterocycles. The lowest BCUT2D eigenvalue weighted by atomic mass is 10.1. The molecule has 0 amide bonds. The van der Waals surface area contributed by atoms with Crippen LogP contribution in [-0.2, 0) is 19.5 Å². The highest BCUT2D eigenvalue weighted by Crippen LogP contribution is 2.37. The number of nitrogens with one attached hydrogen (secondary N) is 1. The molecule has 23 heavy (non-hydrogen) atoms. The Balaban J connectivity index is 1.50. The Morgan fingerprint density at radius 2 is 2.22 bits per heavy atom. The maximum atomic E-state index is 12.4. The van der Waals surface area contributed by atoms with Gasteiger partial charge in [-0.05, 0) is 26.7 Å². The molecule has 0 spiro atoms. The fraction of sp³-hybridized carbons (Fsp3) is 0.588. The molecule has 2 aromatic heterocycles. The van der Waals surface area contributed by atoms with E-state index in [9.17, 15) is 4.79 Å². The van der Waals surface area contributed by atoms with Crippen molar-refractivity contribution in [3.05, 3.63) is 45.4 Å². The Bertz CT molecular complexity index is 772. The first kappa shape index (κ1) is 14.6. The van der Waals surface area contributed by atoms with Gasteiger partial charge in [-0.25, -0.2) is 4.98 Å². The Hall–Kier alpha value is -1.95. The van der Waals surface area contributed by atoms with Crippen LogP contribution in [0.1, 0.15) is 61.3 Å². The molecule has 0 atom stereocenters. The number of aromatic amines is 1. The lowest BCUT2D eigenvalue weighted by Gasteiger charge is -2.27. The summed E-state index contributed by atoms with van der Waals surface area (Å²) in [5.41, 5.74) is 3.10. The van der Waals surface area contributed by atoms with Crippen LogP contribution >= 0.6 is 0 Å². The standard InChI is InChI=1S/C17H23N5O/c1-11(2)22-9-12(7-18-22)8-21-6-5-15-14(10-21)17(23)20-16(19-15)13-3-4-13/h7,9,11,13H,3-6,8,10H2,1-2H3,(H,19,20,23). The molecule has 1 aliphatic carbocycles. The Labute approximate surface area is 135 Å². The molecular formula is C17H23N5O. The first-order valence-electron chi connectivity index (χ1n) is 8.47. The fourth-order valence-corrected chi connectivity index (χ4v) is 3.18. The molecule has 1 N–H and O–H groups in total. The van der Waals surface area contributed by atoms with Gasteiger partial charge >= 0.3 is 0 Å². The van der Waals surface area contributed by atoms with Gasteiger partial charge in [-0.1, -0.05) is 0 Å². The summed E-state index contributed by atoms with van der Waals surface area (Å²) in [7, 11) is 0. The minimum absolute atomic E-state index is 0.0551. The summed E-state index contributed by atoms with van der Waals surface area (Å²) in [4.78, 5) is 22.4. The van der Waals surface area contributed by atoms with E-state index in [-0.39, 0.29) is 5.56 Å². The molecular weight excluding hydrogens is 290 g/mol. The molecule has 2 aromatic rings. The maximum Gasteiger partial charge on any atom is 0.255 e. The zero-order valence-corrected chi connectivity index (χ0v) is 13.7. The highest BCUT2D eigenvalue weighted by molar-refractivity contribution is 5.23. The lowest BCUT2D eigenvalue weighted by molar-refractivity contribution is 0.241.